The Bertz CT molecular complexity index is 672. The third-order valence-electron chi connectivity index (χ3n) is 4.63. The van der Waals surface area contributed by atoms with Crippen LogP contribution < -0.4 is 16.4 Å². The standard InChI is InChI=1S/C18H26ClN5O3/c1-11(2)16(20)18(27)22-10-15(25)24-7-5-12(6-8-24)17(26)23-14-4-3-13(19)9-21-14/h3-4,9,11-12,16H,5-8,10,20H2,1-2H3,(H,22,27)(H,21,23,26)/t16-/m0/s1. The van der Waals surface area contributed by atoms with Gasteiger partial charge in [-0.05, 0) is 30.9 Å². The van der Waals surface area contributed by atoms with Gasteiger partial charge in [-0.25, -0.2) is 4.98 Å². The van der Waals surface area contributed by atoms with Gasteiger partial charge in [0.25, 0.3) is 0 Å². The van der Waals surface area contributed by atoms with Crippen molar-refractivity contribution in [3.8, 4) is 0 Å². The van der Waals surface area contributed by atoms with E-state index in [0.717, 1.165) is 0 Å². The second kappa shape index (κ2) is 9.66. The number of aromatic nitrogens is 1. The number of pyridine rings is 1. The number of nitrogens with two attached hydrogens (primary N) is 1. The SMILES string of the molecule is CC(C)[C@H](N)C(=O)NCC(=O)N1CCC(C(=O)Nc2ccc(Cl)cn2)CC1. The topological polar surface area (TPSA) is 117 Å². The number of halogens is 1. The second-order valence-electron chi connectivity index (χ2n) is 6.99. The normalized spacial score (nSPS) is 16.1. The fourth-order valence-corrected chi connectivity index (χ4v) is 2.88. The molecular formula is C18H26ClN5O3. The average molecular weight is 396 g/mol. The number of carbonyl (C=O) groups excluding carboxylic acids is 3. The maximum absolute atomic E-state index is 12.3. The molecule has 1 saturated heterocycles. The van der Waals surface area contributed by atoms with Crippen LogP contribution in [0.3, 0.4) is 0 Å². The molecule has 148 valence electrons. The van der Waals surface area contributed by atoms with E-state index in [1.54, 1.807) is 17.0 Å². The van der Waals surface area contributed by atoms with E-state index in [1.165, 1.54) is 6.20 Å². The van der Waals surface area contributed by atoms with Crippen molar-refractivity contribution in [2.24, 2.45) is 17.6 Å². The highest BCUT2D eigenvalue weighted by molar-refractivity contribution is 6.30. The summed E-state index contributed by atoms with van der Waals surface area (Å²) >= 11 is 5.77. The summed E-state index contributed by atoms with van der Waals surface area (Å²) in [5, 5.41) is 5.84. The van der Waals surface area contributed by atoms with E-state index >= 15 is 0 Å². The van der Waals surface area contributed by atoms with Crippen molar-refractivity contribution in [2.75, 3.05) is 25.0 Å². The van der Waals surface area contributed by atoms with Crippen molar-refractivity contribution in [2.45, 2.75) is 32.7 Å². The van der Waals surface area contributed by atoms with Crippen molar-refractivity contribution in [3.63, 3.8) is 0 Å². The Balaban J connectivity index is 1.75. The largest absolute Gasteiger partial charge is 0.346 e. The maximum Gasteiger partial charge on any atom is 0.241 e. The number of carbonyl (C=O) groups is 3. The molecule has 4 N–H and O–H groups in total. The molecule has 0 aromatic carbocycles. The zero-order valence-electron chi connectivity index (χ0n) is 15.6. The molecule has 0 bridgehead atoms. The molecule has 27 heavy (non-hydrogen) atoms. The van der Waals surface area contributed by atoms with Crippen LogP contribution in [0.15, 0.2) is 18.3 Å². The summed E-state index contributed by atoms with van der Waals surface area (Å²) < 4.78 is 0. The molecule has 0 saturated carbocycles. The minimum Gasteiger partial charge on any atom is -0.346 e. The Hall–Kier alpha value is -2.19. The molecule has 1 aromatic heterocycles. The van der Waals surface area contributed by atoms with E-state index in [1.807, 2.05) is 13.8 Å². The molecule has 2 heterocycles. The first-order valence-electron chi connectivity index (χ1n) is 9.01. The fourth-order valence-electron chi connectivity index (χ4n) is 2.76. The number of anilines is 1. The molecule has 1 aliphatic rings. The summed E-state index contributed by atoms with van der Waals surface area (Å²) in [4.78, 5) is 42.1. The lowest BCUT2D eigenvalue weighted by Crippen LogP contribution is -2.49. The van der Waals surface area contributed by atoms with Gasteiger partial charge < -0.3 is 21.3 Å². The smallest absolute Gasteiger partial charge is 0.241 e. The fraction of sp³-hybridized carbons (Fsp3) is 0.556. The van der Waals surface area contributed by atoms with E-state index in [-0.39, 0.29) is 36.1 Å². The van der Waals surface area contributed by atoms with Crippen LogP contribution in [0.25, 0.3) is 0 Å². The number of nitrogens with one attached hydrogen (secondary N) is 2. The highest BCUT2D eigenvalue weighted by Gasteiger charge is 2.28. The molecule has 8 nitrogen and oxygen atoms in total. The predicted octanol–water partition coefficient (Wildman–Crippen LogP) is 1.01. The molecule has 3 amide bonds. The highest BCUT2D eigenvalue weighted by Crippen LogP contribution is 2.19. The van der Waals surface area contributed by atoms with Crippen LogP contribution >= 0.6 is 11.6 Å². The average Bonchev–Trinajstić information content (AvgIpc) is 2.67. The minimum absolute atomic E-state index is 0.00416. The molecule has 0 spiro atoms. The monoisotopic (exact) mass is 395 g/mol. The van der Waals surface area contributed by atoms with Crippen LogP contribution in [0.4, 0.5) is 5.82 Å². The van der Waals surface area contributed by atoms with E-state index in [9.17, 15) is 14.4 Å². The Morgan fingerprint density at radius 3 is 2.52 bits per heavy atom. The molecule has 1 fully saturated rings. The summed E-state index contributed by atoms with van der Waals surface area (Å²) in [5.41, 5.74) is 5.75. The highest BCUT2D eigenvalue weighted by atomic mass is 35.5. The molecule has 1 atom stereocenters. The number of likely N-dealkylation sites (tertiary alicyclic amines) is 1. The first kappa shape index (κ1) is 21.1. The van der Waals surface area contributed by atoms with Gasteiger partial charge in [0.2, 0.25) is 17.7 Å². The first-order chi connectivity index (χ1) is 12.8. The van der Waals surface area contributed by atoms with Crippen LogP contribution in [0, 0.1) is 11.8 Å². The maximum atomic E-state index is 12.3. The predicted molar refractivity (Wildman–Crippen MR) is 103 cm³/mol. The van der Waals surface area contributed by atoms with Crippen LogP contribution in [-0.4, -0.2) is 53.3 Å². The van der Waals surface area contributed by atoms with Crippen molar-refractivity contribution < 1.29 is 14.4 Å². The number of piperidine rings is 1. The summed E-state index contributed by atoms with van der Waals surface area (Å²) in [6.45, 7) is 4.56. The molecule has 1 aliphatic heterocycles. The second-order valence-corrected chi connectivity index (χ2v) is 7.43. The van der Waals surface area contributed by atoms with E-state index in [0.29, 0.717) is 36.8 Å². The van der Waals surface area contributed by atoms with E-state index < -0.39 is 6.04 Å². The number of amides is 3. The number of hydrogen-bond acceptors (Lipinski definition) is 5. The lowest BCUT2D eigenvalue weighted by molar-refractivity contribution is -0.135. The van der Waals surface area contributed by atoms with E-state index in [4.69, 9.17) is 17.3 Å². The summed E-state index contributed by atoms with van der Waals surface area (Å²) in [6.07, 6.45) is 2.59. The van der Waals surface area contributed by atoms with Crippen LogP contribution in [0.5, 0.6) is 0 Å². The summed E-state index contributed by atoms with van der Waals surface area (Å²) in [7, 11) is 0. The molecular weight excluding hydrogens is 370 g/mol. The van der Waals surface area contributed by atoms with Crippen LogP contribution in [0.2, 0.25) is 5.02 Å². The van der Waals surface area contributed by atoms with Gasteiger partial charge in [0.15, 0.2) is 0 Å². The Morgan fingerprint density at radius 1 is 1.30 bits per heavy atom. The van der Waals surface area contributed by atoms with Crippen molar-refractivity contribution in [1.82, 2.24) is 15.2 Å². The van der Waals surface area contributed by atoms with Crippen molar-refractivity contribution >= 4 is 35.1 Å². The van der Waals surface area contributed by atoms with Gasteiger partial charge in [0, 0.05) is 25.2 Å². The Morgan fingerprint density at radius 2 is 1.96 bits per heavy atom. The Labute approximate surface area is 163 Å². The molecule has 0 aliphatic carbocycles. The molecule has 9 heteroatoms. The molecule has 0 unspecified atom stereocenters. The van der Waals surface area contributed by atoms with Gasteiger partial charge in [0.05, 0.1) is 17.6 Å². The minimum atomic E-state index is -0.631. The van der Waals surface area contributed by atoms with Gasteiger partial charge in [-0.1, -0.05) is 25.4 Å². The van der Waals surface area contributed by atoms with Crippen molar-refractivity contribution in [3.05, 3.63) is 23.4 Å². The third kappa shape index (κ3) is 6.18. The zero-order valence-corrected chi connectivity index (χ0v) is 16.3. The zero-order chi connectivity index (χ0) is 20.0. The molecule has 2 rings (SSSR count). The number of rotatable bonds is 6. The quantitative estimate of drug-likeness (QED) is 0.664. The van der Waals surface area contributed by atoms with Crippen LogP contribution in [0.1, 0.15) is 26.7 Å². The van der Waals surface area contributed by atoms with Gasteiger partial charge in [-0.2, -0.15) is 0 Å². The number of hydrogen-bond donors (Lipinski definition) is 3. The van der Waals surface area contributed by atoms with Gasteiger partial charge in [-0.3, -0.25) is 14.4 Å². The Kier molecular flexibility index (Phi) is 7.55. The molecule has 0 radical (unpaired) electrons. The van der Waals surface area contributed by atoms with Crippen LogP contribution in [-0.2, 0) is 14.4 Å². The first-order valence-corrected chi connectivity index (χ1v) is 9.39. The van der Waals surface area contributed by atoms with Crippen molar-refractivity contribution in [1.29, 1.82) is 0 Å². The number of nitrogens with zero attached hydrogens (tertiary/aromatic N) is 2. The third-order valence-corrected chi connectivity index (χ3v) is 4.86. The summed E-state index contributed by atoms with van der Waals surface area (Å²) in [6, 6.07) is 2.67. The van der Waals surface area contributed by atoms with Gasteiger partial charge in [0.1, 0.15) is 5.82 Å². The molecule has 1 aromatic rings. The lowest BCUT2D eigenvalue weighted by atomic mass is 9.96. The van der Waals surface area contributed by atoms with Gasteiger partial charge >= 0.3 is 0 Å². The van der Waals surface area contributed by atoms with Gasteiger partial charge in [-0.15, -0.1) is 0 Å². The van der Waals surface area contributed by atoms with E-state index in [2.05, 4.69) is 15.6 Å². The lowest BCUT2D eigenvalue weighted by Gasteiger charge is -2.31. The summed E-state index contributed by atoms with van der Waals surface area (Å²) in [5.74, 6) is -0.346.